The summed E-state index contributed by atoms with van der Waals surface area (Å²) < 4.78 is 18.3. The Morgan fingerprint density at radius 3 is 2.79 bits per heavy atom. The van der Waals surface area contributed by atoms with Gasteiger partial charge in [0.05, 0.1) is 6.04 Å². The molecular weight excluding hydrogens is 359 g/mol. The maximum Gasteiger partial charge on any atom is 0.318 e. The molecule has 2 aromatic carbocycles. The summed E-state index contributed by atoms with van der Waals surface area (Å²) in [5.74, 6) is 0.326. The van der Waals surface area contributed by atoms with Crippen molar-refractivity contribution in [1.82, 2.24) is 20.4 Å². The Morgan fingerprint density at radius 2 is 2.00 bits per heavy atom. The van der Waals surface area contributed by atoms with E-state index >= 15 is 0 Å². The number of carbonyl (C=O) groups is 1. The minimum Gasteiger partial charge on any atom is -0.337 e. The first kappa shape index (κ1) is 18.2. The van der Waals surface area contributed by atoms with Gasteiger partial charge in [-0.2, -0.15) is 4.98 Å². The third kappa shape index (κ3) is 3.47. The third-order valence-corrected chi connectivity index (χ3v) is 5.14. The van der Waals surface area contributed by atoms with Crippen LogP contribution in [-0.4, -0.2) is 28.1 Å². The van der Waals surface area contributed by atoms with E-state index in [4.69, 9.17) is 4.52 Å². The van der Waals surface area contributed by atoms with Crippen LogP contribution in [0.3, 0.4) is 0 Å². The molecule has 4 rings (SSSR count). The largest absolute Gasteiger partial charge is 0.337 e. The quantitative estimate of drug-likeness (QED) is 0.734. The summed E-state index contributed by atoms with van der Waals surface area (Å²) >= 11 is 0. The van der Waals surface area contributed by atoms with Crippen LogP contribution in [0.2, 0.25) is 0 Å². The van der Waals surface area contributed by atoms with E-state index in [-0.39, 0.29) is 17.9 Å². The first-order valence-electron chi connectivity index (χ1n) is 9.23. The predicted molar refractivity (Wildman–Crippen MR) is 102 cm³/mol. The Labute approximate surface area is 162 Å². The Morgan fingerprint density at radius 1 is 1.25 bits per heavy atom. The number of hydrogen-bond donors (Lipinski definition) is 1. The lowest BCUT2D eigenvalue weighted by molar-refractivity contribution is 0.184. The molecule has 0 unspecified atom stereocenters. The van der Waals surface area contributed by atoms with Crippen LogP contribution in [-0.2, 0) is 6.42 Å². The van der Waals surface area contributed by atoms with Gasteiger partial charge in [0.15, 0.2) is 0 Å². The zero-order valence-corrected chi connectivity index (χ0v) is 15.7. The summed E-state index contributed by atoms with van der Waals surface area (Å²) in [4.78, 5) is 18.8. The molecule has 1 aliphatic carbocycles. The van der Waals surface area contributed by atoms with Crippen LogP contribution in [0.15, 0.2) is 53.1 Å². The second-order valence-electron chi connectivity index (χ2n) is 7.00. The molecule has 1 aromatic heterocycles. The molecule has 0 saturated heterocycles. The number of fused-ring (bicyclic) bond motifs is 1. The van der Waals surface area contributed by atoms with Crippen LogP contribution < -0.4 is 5.32 Å². The zero-order chi connectivity index (χ0) is 19.7. The lowest BCUT2D eigenvalue weighted by Gasteiger charge is -2.26. The second kappa shape index (κ2) is 7.42. The van der Waals surface area contributed by atoms with Gasteiger partial charge in [-0.25, -0.2) is 9.18 Å². The Hall–Kier alpha value is -3.22. The average Bonchev–Trinajstić information content (AvgIpc) is 3.35. The minimum absolute atomic E-state index is 0.0564. The fourth-order valence-electron chi connectivity index (χ4n) is 3.55. The molecule has 0 spiro atoms. The number of rotatable bonds is 4. The van der Waals surface area contributed by atoms with Crippen molar-refractivity contribution in [2.24, 2.45) is 0 Å². The lowest BCUT2D eigenvalue weighted by atomic mass is 10.1. The van der Waals surface area contributed by atoms with Crippen molar-refractivity contribution in [3.05, 3.63) is 71.4 Å². The van der Waals surface area contributed by atoms with Gasteiger partial charge >= 0.3 is 6.03 Å². The van der Waals surface area contributed by atoms with E-state index in [9.17, 15) is 9.18 Å². The fourth-order valence-corrected chi connectivity index (χ4v) is 3.55. The third-order valence-electron chi connectivity index (χ3n) is 5.14. The van der Waals surface area contributed by atoms with Crippen molar-refractivity contribution in [3.8, 4) is 11.4 Å². The van der Waals surface area contributed by atoms with Crippen molar-refractivity contribution < 1.29 is 13.7 Å². The number of halogens is 1. The predicted octanol–water partition coefficient (Wildman–Crippen LogP) is 4.27. The van der Waals surface area contributed by atoms with E-state index in [1.54, 1.807) is 31.0 Å². The van der Waals surface area contributed by atoms with E-state index < -0.39 is 6.04 Å². The van der Waals surface area contributed by atoms with Gasteiger partial charge < -0.3 is 14.7 Å². The lowest BCUT2D eigenvalue weighted by Crippen LogP contribution is -2.40. The number of aromatic nitrogens is 2. The maximum atomic E-state index is 13.1. The molecule has 0 fully saturated rings. The average molecular weight is 380 g/mol. The molecule has 0 radical (unpaired) electrons. The van der Waals surface area contributed by atoms with E-state index in [1.807, 2.05) is 12.1 Å². The molecule has 144 valence electrons. The normalized spacial score (nSPS) is 16.5. The highest BCUT2D eigenvalue weighted by atomic mass is 19.1. The molecule has 0 saturated carbocycles. The monoisotopic (exact) mass is 380 g/mol. The molecule has 0 aliphatic heterocycles. The van der Waals surface area contributed by atoms with Gasteiger partial charge in [-0.3, -0.25) is 0 Å². The molecule has 6 nitrogen and oxygen atoms in total. The van der Waals surface area contributed by atoms with Crippen molar-refractivity contribution in [2.45, 2.75) is 31.8 Å². The first-order valence-corrected chi connectivity index (χ1v) is 9.23. The van der Waals surface area contributed by atoms with Gasteiger partial charge in [0, 0.05) is 12.6 Å². The van der Waals surface area contributed by atoms with Crippen LogP contribution in [0.25, 0.3) is 11.4 Å². The van der Waals surface area contributed by atoms with Crippen LogP contribution in [0.1, 0.15) is 42.4 Å². The van der Waals surface area contributed by atoms with Gasteiger partial charge in [-0.05, 0) is 55.2 Å². The molecule has 1 aliphatic rings. The van der Waals surface area contributed by atoms with Crippen LogP contribution >= 0.6 is 0 Å². The number of benzene rings is 2. The second-order valence-corrected chi connectivity index (χ2v) is 7.00. The summed E-state index contributed by atoms with van der Waals surface area (Å²) in [5, 5.41) is 6.83. The maximum absolute atomic E-state index is 13.1. The zero-order valence-electron chi connectivity index (χ0n) is 15.7. The Kier molecular flexibility index (Phi) is 4.81. The number of nitrogens with zero attached hydrogens (tertiary/aromatic N) is 3. The van der Waals surface area contributed by atoms with E-state index in [1.165, 1.54) is 23.3 Å². The number of nitrogens with one attached hydrogen (secondary N) is 1. The highest BCUT2D eigenvalue weighted by Crippen LogP contribution is 2.34. The molecule has 1 heterocycles. The highest BCUT2D eigenvalue weighted by Gasteiger charge is 2.29. The summed E-state index contributed by atoms with van der Waals surface area (Å²) in [6, 6.07) is 13.5. The number of urea groups is 1. The molecule has 1 N–H and O–H groups in total. The van der Waals surface area contributed by atoms with Crippen molar-refractivity contribution in [1.29, 1.82) is 0 Å². The number of aryl methyl sites for hydroxylation is 1. The van der Waals surface area contributed by atoms with Gasteiger partial charge in [0.25, 0.3) is 0 Å². The van der Waals surface area contributed by atoms with Gasteiger partial charge in [0.1, 0.15) is 11.9 Å². The Bertz CT molecular complexity index is 986. The number of amides is 2. The molecule has 0 bridgehead atoms. The SMILES string of the molecule is C[C@@H](NC(=O)N(C)[C@@H]1CCc2ccccc21)c1nc(-c2ccc(F)cc2)no1. The van der Waals surface area contributed by atoms with Gasteiger partial charge in [0.2, 0.25) is 11.7 Å². The molecular formula is C21H21FN4O2. The topological polar surface area (TPSA) is 71.3 Å². The molecule has 7 heteroatoms. The van der Waals surface area contributed by atoms with E-state index in [2.05, 4.69) is 27.6 Å². The molecule has 28 heavy (non-hydrogen) atoms. The first-order chi connectivity index (χ1) is 13.5. The minimum atomic E-state index is -0.451. The number of hydrogen-bond acceptors (Lipinski definition) is 4. The van der Waals surface area contributed by atoms with Crippen LogP contribution in [0.5, 0.6) is 0 Å². The summed E-state index contributed by atoms with van der Waals surface area (Å²) in [5.41, 5.74) is 3.14. The highest BCUT2D eigenvalue weighted by molar-refractivity contribution is 5.75. The summed E-state index contributed by atoms with van der Waals surface area (Å²) in [6.07, 6.45) is 1.88. The van der Waals surface area contributed by atoms with E-state index in [0.717, 1.165) is 12.8 Å². The smallest absolute Gasteiger partial charge is 0.318 e. The van der Waals surface area contributed by atoms with Gasteiger partial charge in [-0.15, -0.1) is 0 Å². The van der Waals surface area contributed by atoms with Crippen LogP contribution in [0.4, 0.5) is 9.18 Å². The molecule has 2 atom stereocenters. The van der Waals surface area contributed by atoms with Crippen molar-refractivity contribution in [2.75, 3.05) is 7.05 Å². The van der Waals surface area contributed by atoms with E-state index in [0.29, 0.717) is 17.3 Å². The Balaban J connectivity index is 1.43. The van der Waals surface area contributed by atoms with Crippen LogP contribution in [0, 0.1) is 5.82 Å². The summed E-state index contributed by atoms with van der Waals surface area (Å²) in [6.45, 7) is 1.79. The van der Waals surface area contributed by atoms with Crippen molar-refractivity contribution in [3.63, 3.8) is 0 Å². The standard InChI is InChI=1S/C21H21FN4O2/c1-13(20-24-19(25-28-20)15-7-10-16(22)11-8-15)23-21(27)26(2)18-12-9-14-5-3-4-6-17(14)18/h3-8,10-11,13,18H,9,12H2,1-2H3,(H,23,27)/t13-,18-/m1/s1. The number of carbonyl (C=O) groups excluding carboxylic acids is 1. The fraction of sp³-hybridized carbons (Fsp3) is 0.286. The molecule has 2 amide bonds. The van der Waals surface area contributed by atoms with Crippen molar-refractivity contribution >= 4 is 6.03 Å². The van der Waals surface area contributed by atoms with Gasteiger partial charge in [-0.1, -0.05) is 29.4 Å². The summed E-state index contributed by atoms with van der Waals surface area (Å²) in [7, 11) is 1.80. The molecule has 3 aromatic rings.